The predicted octanol–water partition coefficient (Wildman–Crippen LogP) is 4.01. The summed E-state index contributed by atoms with van der Waals surface area (Å²) in [6.07, 6.45) is 3.05. The van der Waals surface area contributed by atoms with Gasteiger partial charge in [-0.3, -0.25) is 19.3 Å². The van der Waals surface area contributed by atoms with Gasteiger partial charge in [0.1, 0.15) is 11.1 Å². The topological polar surface area (TPSA) is 113 Å². The van der Waals surface area contributed by atoms with Crippen molar-refractivity contribution in [3.63, 3.8) is 0 Å². The first-order valence-electron chi connectivity index (χ1n) is 11.0. The first kappa shape index (κ1) is 22.1. The van der Waals surface area contributed by atoms with Crippen molar-refractivity contribution in [1.29, 1.82) is 0 Å². The third-order valence-corrected chi connectivity index (χ3v) is 6.50. The zero-order chi connectivity index (χ0) is 23.7. The molecule has 0 unspecified atom stereocenters. The number of hydrogen-bond acceptors (Lipinski definition) is 5. The van der Waals surface area contributed by atoms with E-state index < -0.39 is 11.7 Å². The summed E-state index contributed by atoms with van der Waals surface area (Å²) >= 11 is 3.42. The van der Waals surface area contributed by atoms with Crippen molar-refractivity contribution < 1.29 is 14.0 Å². The molecule has 0 aliphatic carbocycles. The molecule has 0 bridgehead atoms. The van der Waals surface area contributed by atoms with Gasteiger partial charge in [0.2, 0.25) is 5.91 Å². The van der Waals surface area contributed by atoms with E-state index in [9.17, 15) is 14.4 Å². The fourth-order valence-corrected chi connectivity index (χ4v) is 4.72. The molecule has 2 aromatic carbocycles. The minimum absolute atomic E-state index is 0.103. The lowest BCUT2D eigenvalue weighted by atomic mass is 10.1. The van der Waals surface area contributed by atoms with Crippen LogP contribution in [-0.4, -0.2) is 44.6 Å². The van der Waals surface area contributed by atoms with Crippen molar-refractivity contribution in [2.45, 2.75) is 25.8 Å². The van der Waals surface area contributed by atoms with E-state index in [4.69, 9.17) is 4.42 Å². The molecule has 0 atom stereocenters. The number of aromatic amines is 1. The predicted molar refractivity (Wildman–Crippen MR) is 131 cm³/mol. The zero-order valence-electron chi connectivity index (χ0n) is 18.2. The smallest absolute Gasteiger partial charge is 0.408 e. The number of nitrogens with one attached hydrogen (secondary N) is 2. The second-order valence-electron chi connectivity index (χ2n) is 8.16. The Hall–Kier alpha value is -3.66. The van der Waals surface area contributed by atoms with E-state index in [1.165, 1.54) is 4.57 Å². The highest BCUT2D eigenvalue weighted by Gasteiger charge is 2.22. The number of oxazole rings is 1. The van der Waals surface area contributed by atoms with Gasteiger partial charge >= 0.3 is 5.76 Å². The molecule has 1 fully saturated rings. The molecule has 10 heteroatoms. The molecule has 2 amide bonds. The number of aromatic nitrogens is 3. The van der Waals surface area contributed by atoms with E-state index >= 15 is 0 Å². The maximum Gasteiger partial charge on any atom is 0.420 e. The average molecular weight is 524 g/mol. The van der Waals surface area contributed by atoms with Crippen molar-refractivity contribution in [3.05, 3.63) is 69.4 Å². The highest BCUT2D eigenvalue weighted by molar-refractivity contribution is 9.10. The van der Waals surface area contributed by atoms with Gasteiger partial charge in [0.05, 0.1) is 5.52 Å². The number of H-pyrrole nitrogens is 1. The van der Waals surface area contributed by atoms with Gasteiger partial charge in [0, 0.05) is 24.3 Å². The summed E-state index contributed by atoms with van der Waals surface area (Å²) in [6.45, 7) is 1.30. The molecule has 2 N–H and O–H groups in total. The highest BCUT2D eigenvalue weighted by Crippen LogP contribution is 2.30. The first-order chi connectivity index (χ1) is 16.5. The van der Waals surface area contributed by atoms with Crippen LogP contribution in [-0.2, 0) is 11.3 Å². The Kier molecular flexibility index (Phi) is 6.06. The molecule has 3 heterocycles. The lowest BCUT2D eigenvalue weighted by Crippen LogP contribution is -2.39. The van der Waals surface area contributed by atoms with Gasteiger partial charge in [-0.1, -0.05) is 30.3 Å². The number of hydrogen-bond donors (Lipinski definition) is 2. The van der Waals surface area contributed by atoms with E-state index in [0.717, 1.165) is 24.8 Å². The van der Waals surface area contributed by atoms with Crippen LogP contribution < -0.4 is 11.1 Å². The molecule has 2 aromatic heterocycles. The fraction of sp³-hybridized carbons (Fsp3) is 0.250. The fourth-order valence-electron chi connectivity index (χ4n) is 4.21. The van der Waals surface area contributed by atoms with Crippen LogP contribution in [0.15, 0.2) is 62.3 Å². The monoisotopic (exact) mass is 523 g/mol. The molecule has 4 aromatic rings. The van der Waals surface area contributed by atoms with Crippen molar-refractivity contribution in [1.82, 2.24) is 19.7 Å². The van der Waals surface area contributed by atoms with Gasteiger partial charge in [-0.15, -0.1) is 0 Å². The second kappa shape index (κ2) is 9.30. The number of amides is 2. The first-order valence-corrected chi connectivity index (χ1v) is 11.8. The number of halogens is 1. The molecule has 0 radical (unpaired) electrons. The van der Waals surface area contributed by atoms with E-state index in [2.05, 4.69) is 31.4 Å². The van der Waals surface area contributed by atoms with Gasteiger partial charge in [-0.25, -0.2) is 4.79 Å². The summed E-state index contributed by atoms with van der Waals surface area (Å²) in [6, 6.07) is 14.3. The molecule has 34 heavy (non-hydrogen) atoms. The number of piperidine rings is 1. The van der Waals surface area contributed by atoms with Crippen molar-refractivity contribution in [2.24, 2.45) is 0 Å². The van der Waals surface area contributed by atoms with E-state index in [-0.39, 0.29) is 18.1 Å². The maximum absolute atomic E-state index is 13.1. The Morgan fingerprint density at radius 1 is 1.09 bits per heavy atom. The largest absolute Gasteiger partial charge is 0.420 e. The summed E-state index contributed by atoms with van der Waals surface area (Å²) in [5.41, 5.74) is 2.95. The third kappa shape index (κ3) is 4.28. The number of fused-ring (bicyclic) bond motifs is 1. The Morgan fingerprint density at radius 2 is 1.85 bits per heavy atom. The molecule has 5 rings (SSSR count). The van der Waals surface area contributed by atoms with Crippen LogP contribution in [0.1, 0.15) is 29.8 Å². The zero-order valence-corrected chi connectivity index (χ0v) is 19.8. The van der Waals surface area contributed by atoms with E-state index in [1.54, 1.807) is 23.1 Å². The number of nitrogens with zero attached hydrogens (tertiary/aromatic N) is 3. The van der Waals surface area contributed by atoms with Gasteiger partial charge < -0.3 is 14.6 Å². The normalized spacial score (nSPS) is 13.9. The van der Waals surface area contributed by atoms with E-state index in [0.29, 0.717) is 40.0 Å². The lowest BCUT2D eigenvalue weighted by molar-refractivity contribution is -0.132. The van der Waals surface area contributed by atoms with Gasteiger partial charge in [0.25, 0.3) is 5.91 Å². The summed E-state index contributed by atoms with van der Waals surface area (Å²) in [5.74, 6) is -1.14. The van der Waals surface area contributed by atoms with Crippen LogP contribution >= 0.6 is 15.9 Å². The molecule has 0 spiro atoms. The average Bonchev–Trinajstić information content (AvgIpc) is 3.39. The Labute approximate surface area is 202 Å². The van der Waals surface area contributed by atoms with Crippen LogP contribution in [0.3, 0.4) is 0 Å². The summed E-state index contributed by atoms with van der Waals surface area (Å²) in [5, 5.41) is 9.79. The molecular weight excluding hydrogens is 502 g/mol. The maximum atomic E-state index is 13.1. The van der Waals surface area contributed by atoms with Crippen LogP contribution in [0.2, 0.25) is 0 Å². The molecule has 1 saturated heterocycles. The number of benzene rings is 2. The number of carbonyl (C=O) groups excluding carboxylic acids is 2. The van der Waals surface area contributed by atoms with Gasteiger partial charge in [-0.05, 0) is 59.0 Å². The van der Waals surface area contributed by atoms with Crippen molar-refractivity contribution in [2.75, 3.05) is 18.4 Å². The molecule has 0 saturated carbocycles. The minimum Gasteiger partial charge on any atom is -0.408 e. The third-order valence-electron chi connectivity index (χ3n) is 5.93. The van der Waals surface area contributed by atoms with Gasteiger partial charge in [-0.2, -0.15) is 5.10 Å². The minimum atomic E-state index is -0.605. The Morgan fingerprint density at radius 3 is 2.62 bits per heavy atom. The molecule has 1 aliphatic heterocycles. The van der Waals surface area contributed by atoms with Crippen molar-refractivity contribution >= 4 is 44.5 Å². The Bertz CT molecular complexity index is 1420. The number of rotatable bonds is 5. The second-order valence-corrected chi connectivity index (χ2v) is 8.95. The van der Waals surface area contributed by atoms with Gasteiger partial charge in [0.15, 0.2) is 11.3 Å². The standard InChI is InChI=1S/C24H22BrN5O4/c25-22-20(15-7-3-1-4-8-15)21(27-28-22)23(32)26-16-9-10-18-17(13-16)30(24(33)34-18)14-19(31)29-11-5-2-6-12-29/h1,3-4,7-10,13H,2,5-6,11-12,14H2,(H,26,32)(H,27,28). The SMILES string of the molecule is O=C(Nc1ccc2oc(=O)n(CC(=O)N3CCCCC3)c2c1)c1n[nH]c(Br)c1-c1ccccc1. The molecule has 174 valence electrons. The molecule has 9 nitrogen and oxygen atoms in total. The highest BCUT2D eigenvalue weighted by atomic mass is 79.9. The quantitative estimate of drug-likeness (QED) is 0.410. The summed E-state index contributed by atoms with van der Waals surface area (Å²) in [7, 11) is 0. The lowest BCUT2D eigenvalue weighted by Gasteiger charge is -2.26. The molecule has 1 aliphatic rings. The molecular formula is C24H22BrN5O4. The summed E-state index contributed by atoms with van der Waals surface area (Å²) in [4.78, 5) is 40.0. The van der Waals surface area contributed by atoms with Crippen LogP contribution in [0.4, 0.5) is 5.69 Å². The number of anilines is 1. The number of likely N-dealkylation sites (tertiary alicyclic amines) is 1. The number of carbonyl (C=O) groups is 2. The van der Waals surface area contributed by atoms with E-state index in [1.807, 2.05) is 30.3 Å². The van der Waals surface area contributed by atoms with Crippen molar-refractivity contribution in [3.8, 4) is 11.1 Å². The van der Waals surface area contributed by atoms with Crippen LogP contribution in [0.25, 0.3) is 22.2 Å². The Balaban J connectivity index is 1.41. The summed E-state index contributed by atoms with van der Waals surface area (Å²) < 4.78 is 7.22. The van der Waals surface area contributed by atoms with Crippen LogP contribution in [0, 0.1) is 0 Å². The van der Waals surface area contributed by atoms with Crippen LogP contribution in [0.5, 0.6) is 0 Å².